The lowest BCUT2D eigenvalue weighted by Gasteiger charge is -2.27. The van der Waals surface area contributed by atoms with Crippen LogP contribution < -0.4 is 5.32 Å². The minimum absolute atomic E-state index is 0.672. The molecule has 0 radical (unpaired) electrons. The number of aliphatic carboxylic acids is 1. The van der Waals surface area contributed by atoms with Crippen molar-refractivity contribution < 1.29 is 14.6 Å². The largest absolute Gasteiger partial charge is 0.480 e. The second-order valence-electron chi connectivity index (χ2n) is 5.65. The summed E-state index contributed by atoms with van der Waals surface area (Å²) in [4.78, 5) is 13.8. The van der Waals surface area contributed by atoms with E-state index in [2.05, 4.69) is 17.1 Å². The van der Waals surface area contributed by atoms with Gasteiger partial charge in [-0.25, -0.2) is 0 Å². The molecule has 0 rings (SSSR count). The molecule has 0 bridgehead atoms. The van der Waals surface area contributed by atoms with Crippen molar-refractivity contribution >= 4 is 5.97 Å². The van der Waals surface area contributed by atoms with Gasteiger partial charge in [-0.1, -0.05) is 13.8 Å². The second kappa shape index (κ2) is 12.0. The summed E-state index contributed by atoms with van der Waals surface area (Å²) in [6, 6.07) is 0. The van der Waals surface area contributed by atoms with Gasteiger partial charge < -0.3 is 20.1 Å². The number of rotatable bonds is 14. The molecule has 0 aliphatic rings. The fourth-order valence-electron chi connectivity index (χ4n) is 2.25. The van der Waals surface area contributed by atoms with Gasteiger partial charge in [-0.05, 0) is 59.2 Å². The van der Waals surface area contributed by atoms with Gasteiger partial charge in [-0.2, -0.15) is 0 Å². The van der Waals surface area contributed by atoms with E-state index in [1.807, 2.05) is 13.8 Å². The van der Waals surface area contributed by atoms with Crippen LogP contribution in [0.2, 0.25) is 0 Å². The number of unbranched alkanes of at least 4 members (excludes halogenated alkanes) is 1. The van der Waals surface area contributed by atoms with Crippen molar-refractivity contribution in [3.8, 4) is 0 Å². The highest BCUT2D eigenvalue weighted by molar-refractivity contribution is 5.78. The molecule has 0 heterocycles. The maximum atomic E-state index is 11.4. The van der Waals surface area contributed by atoms with Crippen molar-refractivity contribution in [2.75, 3.05) is 39.4 Å². The molecule has 0 spiro atoms. The summed E-state index contributed by atoms with van der Waals surface area (Å²) in [5.41, 5.74) is -0.793. The van der Waals surface area contributed by atoms with Gasteiger partial charge in [0.25, 0.3) is 0 Å². The van der Waals surface area contributed by atoms with Crippen LogP contribution in [0, 0.1) is 0 Å². The fraction of sp³-hybridized carbons (Fsp3) is 0.938. The molecule has 5 nitrogen and oxygen atoms in total. The number of nitrogens with zero attached hydrogens (tertiary/aromatic N) is 1. The summed E-state index contributed by atoms with van der Waals surface area (Å²) in [5.74, 6) is -0.750. The highest BCUT2D eigenvalue weighted by Crippen LogP contribution is 2.15. The average Bonchev–Trinajstić information content (AvgIpc) is 2.47. The predicted octanol–water partition coefficient (Wildman–Crippen LogP) is 2.36. The van der Waals surface area contributed by atoms with E-state index in [0.29, 0.717) is 6.42 Å². The van der Waals surface area contributed by atoms with E-state index < -0.39 is 11.5 Å². The summed E-state index contributed by atoms with van der Waals surface area (Å²) in [5, 5.41) is 12.5. The average molecular weight is 302 g/mol. The number of likely N-dealkylation sites (N-methyl/N-ethyl adjacent to an activating group) is 1. The first-order valence-electron chi connectivity index (χ1n) is 8.28. The number of hydrogen-bond donors (Lipinski definition) is 2. The first kappa shape index (κ1) is 20.3. The number of carbonyl (C=O) groups is 1. The lowest BCUT2D eigenvalue weighted by atomic mass is 9.94. The predicted molar refractivity (Wildman–Crippen MR) is 86.8 cm³/mol. The lowest BCUT2D eigenvalue weighted by molar-refractivity contribution is -0.144. The number of hydrogen-bond acceptors (Lipinski definition) is 4. The molecule has 0 aromatic rings. The van der Waals surface area contributed by atoms with Gasteiger partial charge in [0.2, 0.25) is 0 Å². The van der Waals surface area contributed by atoms with Crippen LogP contribution in [-0.2, 0) is 9.53 Å². The van der Waals surface area contributed by atoms with Gasteiger partial charge in [0.1, 0.15) is 5.54 Å². The minimum Gasteiger partial charge on any atom is -0.480 e. The molecule has 126 valence electrons. The zero-order valence-corrected chi connectivity index (χ0v) is 14.3. The van der Waals surface area contributed by atoms with Crippen molar-refractivity contribution in [3.05, 3.63) is 0 Å². The van der Waals surface area contributed by atoms with Gasteiger partial charge in [0.05, 0.1) is 6.61 Å². The minimum atomic E-state index is -0.793. The number of ether oxygens (including phenoxy) is 1. The van der Waals surface area contributed by atoms with Gasteiger partial charge >= 0.3 is 5.97 Å². The molecule has 0 aliphatic carbocycles. The normalized spacial score (nSPS) is 14.3. The SMILES string of the molecule is CCCNC(C)(CCCCN(CC)CCOCC)C(=O)O. The molecule has 0 saturated heterocycles. The second-order valence-corrected chi connectivity index (χ2v) is 5.65. The van der Waals surface area contributed by atoms with Crippen LogP contribution in [0.1, 0.15) is 53.4 Å². The molecule has 1 unspecified atom stereocenters. The van der Waals surface area contributed by atoms with Crippen LogP contribution in [-0.4, -0.2) is 60.9 Å². The van der Waals surface area contributed by atoms with Crippen LogP contribution in [0.3, 0.4) is 0 Å². The van der Waals surface area contributed by atoms with Gasteiger partial charge in [0.15, 0.2) is 0 Å². The molecule has 21 heavy (non-hydrogen) atoms. The third-order valence-corrected chi connectivity index (χ3v) is 3.84. The van der Waals surface area contributed by atoms with Crippen molar-refractivity contribution in [3.63, 3.8) is 0 Å². The molecule has 0 amide bonds. The molecule has 0 fully saturated rings. The first-order chi connectivity index (χ1) is 10.00. The third kappa shape index (κ3) is 9.06. The standard InChI is InChI=1S/C16H34N2O3/c1-5-11-17-16(4,15(19)20)10-8-9-12-18(6-2)13-14-21-7-3/h17H,5-14H2,1-4H3,(H,19,20). The Hall–Kier alpha value is -0.650. The van der Waals surface area contributed by atoms with Crippen molar-refractivity contribution in [1.29, 1.82) is 0 Å². The molecule has 0 aromatic heterocycles. The topological polar surface area (TPSA) is 61.8 Å². The summed E-state index contributed by atoms with van der Waals surface area (Å²) in [6.07, 6.45) is 3.57. The lowest BCUT2D eigenvalue weighted by Crippen LogP contribution is -2.49. The number of carboxylic acid groups (broad SMARTS) is 1. The van der Waals surface area contributed by atoms with Gasteiger partial charge in [-0.15, -0.1) is 0 Å². The first-order valence-corrected chi connectivity index (χ1v) is 8.28. The molecule has 1 atom stereocenters. The highest BCUT2D eigenvalue weighted by Gasteiger charge is 2.31. The van der Waals surface area contributed by atoms with Crippen molar-refractivity contribution in [2.24, 2.45) is 0 Å². The van der Waals surface area contributed by atoms with E-state index in [-0.39, 0.29) is 0 Å². The molecular formula is C16H34N2O3. The van der Waals surface area contributed by atoms with Crippen LogP contribution in [0.25, 0.3) is 0 Å². The van der Waals surface area contributed by atoms with E-state index in [4.69, 9.17) is 4.74 Å². The van der Waals surface area contributed by atoms with E-state index in [1.165, 1.54) is 0 Å². The third-order valence-electron chi connectivity index (χ3n) is 3.84. The molecule has 0 saturated carbocycles. The van der Waals surface area contributed by atoms with Crippen molar-refractivity contribution in [1.82, 2.24) is 10.2 Å². The Bertz CT molecular complexity index is 274. The Kier molecular flexibility index (Phi) is 11.6. The number of nitrogens with one attached hydrogen (secondary N) is 1. The quantitative estimate of drug-likeness (QED) is 0.482. The summed E-state index contributed by atoms with van der Waals surface area (Å²) < 4.78 is 5.37. The number of carboxylic acids is 1. The Morgan fingerprint density at radius 2 is 1.95 bits per heavy atom. The summed E-state index contributed by atoms with van der Waals surface area (Å²) in [6.45, 7) is 13.2. The van der Waals surface area contributed by atoms with Crippen LogP contribution >= 0.6 is 0 Å². The van der Waals surface area contributed by atoms with E-state index in [9.17, 15) is 9.90 Å². The van der Waals surface area contributed by atoms with Crippen LogP contribution in [0.5, 0.6) is 0 Å². The van der Waals surface area contributed by atoms with Crippen molar-refractivity contribution in [2.45, 2.75) is 58.9 Å². The van der Waals surface area contributed by atoms with E-state index in [1.54, 1.807) is 6.92 Å². The van der Waals surface area contributed by atoms with E-state index in [0.717, 1.165) is 58.7 Å². The Morgan fingerprint density at radius 1 is 1.24 bits per heavy atom. The molecule has 2 N–H and O–H groups in total. The molecule has 0 aromatic carbocycles. The zero-order valence-electron chi connectivity index (χ0n) is 14.3. The van der Waals surface area contributed by atoms with Crippen LogP contribution in [0.4, 0.5) is 0 Å². The smallest absolute Gasteiger partial charge is 0.323 e. The Morgan fingerprint density at radius 3 is 2.48 bits per heavy atom. The molecule has 0 aliphatic heterocycles. The highest BCUT2D eigenvalue weighted by atomic mass is 16.5. The fourth-order valence-corrected chi connectivity index (χ4v) is 2.25. The molecule has 5 heteroatoms. The summed E-state index contributed by atoms with van der Waals surface area (Å²) >= 11 is 0. The monoisotopic (exact) mass is 302 g/mol. The maximum absolute atomic E-state index is 11.4. The molecular weight excluding hydrogens is 268 g/mol. The van der Waals surface area contributed by atoms with Gasteiger partial charge in [-0.3, -0.25) is 4.79 Å². The Balaban J connectivity index is 3.99. The zero-order chi connectivity index (χ0) is 16.1. The summed E-state index contributed by atoms with van der Waals surface area (Å²) in [7, 11) is 0. The van der Waals surface area contributed by atoms with Gasteiger partial charge in [0, 0.05) is 13.2 Å². The van der Waals surface area contributed by atoms with Crippen LogP contribution in [0.15, 0.2) is 0 Å². The Labute approximate surface area is 130 Å². The van der Waals surface area contributed by atoms with E-state index >= 15 is 0 Å². The maximum Gasteiger partial charge on any atom is 0.323 e.